The zero-order valence-electron chi connectivity index (χ0n) is 13.0. The van der Waals surface area contributed by atoms with E-state index >= 15 is 0 Å². The second-order valence-electron chi connectivity index (χ2n) is 6.00. The van der Waals surface area contributed by atoms with Crippen molar-refractivity contribution in [2.75, 3.05) is 6.61 Å². The summed E-state index contributed by atoms with van der Waals surface area (Å²) in [6.45, 7) is 9.53. The van der Waals surface area contributed by atoms with E-state index in [1.54, 1.807) is 0 Å². The highest BCUT2D eigenvalue weighted by atomic mass is 16.6. The second-order valence-corrected chi connectivity index (χ2v) is 6.00. The second kappa shape index (κ2) is 6.75. The van der Waals surface area contributed by atoms with Gasteiger partial charge in [-0.15, -0.1) is 0 Å². The quantitative estimate of drug-likeness (QED) is 0.889. The molecule has 2 N–H and O–H groups in total. The molecule has 112 valence electrons. The molecular weight excluding hydrogens is 254 g/mol. The van der Waals surface area contributed by atoms with Crippen molar-refractivity contribution in [2.24, 2.45) is 0 Å². The minimum atomic E-state index is -0.532. The van der Waals surface area contributed by atoms with Crippen LogP contribution in [0.1, 0.15) is 49.9 Å². The van der Waals surface area contributed by atoms with E-state index < -0.39 is 11.7 Å². The predicted octanol–water partition coefficient (Wildman–Crippen LogP) is 3.25. The first kappa shape index (κ1) is 16.5. The Kier molecular flexibility index (Phi) is 5.57. The Balaban J connectivity index is 2.89. The molecular formula is C16H25NO3. The highest BCUT2D eigenvalue weighted by molar-refractivity contribution is 5.68. The van der Waals surface area contributed by atoms with Gasteiger partial charge >= 0.3 is 6.09 Å². The van der Waals surface area contributed by atoms with Crippen LogP contribution in [0.3, 0.4) is 0 Å². The lowest BCUT2D eigenvalue weighted by atomic mass is 9.96. The molecule has 0 fully saturated rings. The van der Waals surface area contributed by atoms with E-state index in [9.17, 15) is 9.90 Å². The smallest absolute Gasteiger partial charge is 0.408 e. The third-order valence-electron chi connectivity index (χ3n) is 3.13. The SMILES string of the molecule is Cc1cccc(C(CCO)NC(=O)OC(C)(C)C)c1C. The average molecular weight is 279 g/mol. The molecule has 0 saturated carbocycles. The molecule has 1 atom stereocenters. The van der Waals surface area contributed by atoms with Crippen LogP contribution < -0.4 is 5.32 Å². The maximum atomic E-state index is 11.9. The van der Waals surface area contributed by atoms with Crippen LogP contribution in [0.25, 0.3) is 0 Å². The number of nitrogens with one attached hydrogen (secondary N) is 1. The summed E-state index contributed by atoms with van der Waals surface area (Å²) in [5.74, 6) is 0. The van der Waals surface area contributed by atoms with Crippen molar-refractivity contribution in [3.8, 4) is 0 Å². The lowest BCUT2D eigenvalue weighted by Crippen LogP contribution is -2.35. The number of aliphatic hydroxyl groups excluding tert-OH is 1. The average Bonchev–Trinajstić information content (AvgIpc) is 2.30. The van der Waals surface area contributed by atoms with Crippen LogP contribution in [-0.2, 0) is 4.74 Å². The Morgan fingerprint density at radius 1 is 1.35 bits per heavy atom. The molecule has 0 aliphatic carbocycles. The Hall–Kier alpha value is -1.55. The van der Waals surface area contributed by atoms with Crippen molar-refractivity contribution < 1.29 is 14.6 Å². The van der Waals surface area contributed by atoms with Gasteiger partial charge in [-0.1, -0.05) is 18.2 Å². The lowest BCUT2D eigenvalue weighted by Gasteiger charge is -2.25. The van der Waals surface area contributed by atoms with E-state index in [4.69, 9.17) is 4.74 Å². The van der Waals surface area contributed by atoms with Gasteiger partial charge in [-0.2, -0.15) is 0 Å². The number of carbonyl (C=O) groups excluding carboxylic acids is 1. The van der Waals surface area contributed by atoms with Crippen LogP contribution in [0.15, 0.2) is 18.2 Å². The van der Waals surface area contributed by atoms with E-state index in [1.807, 2.05) is 52.8 Å². The van der Waals surface area contributed by atoms with Crippen molar-refractivity contribution in [1.29, 1.82) is 0 Å². The van der Waals surface area contributed by atoms with Crippen LogP contribution in [0.4, 0.5) is 4.79 Å². The molecule has 1 unspecified atom stereocenters. The normalized spacial score (nSPS) is 12.9. The Morgan fingerprint density at radius 2 is 2.00 bits per heavy atom. The van der Waals surface area contributed by atoms with Gasteiger partial charge in [0.15, 0.2) is 0 Å². The number of aryl methyl sites for hydroxylation is 1. The number of benzene rings is 1. The molecule has 0 aliphatic rings. The minimum absolute atomic E-state index is 0.00778. The molecule has 0 heterocycles. The molecule has 1 rings (SSSR count). The highest BCUT2D eigenvalue weighted by Crippen LogP contribution is 2.23. The van der Waals surface area contributed by atoms with Crippen LogP contribution in [-0.4, -0.2) is 23.4 Å². The summed E-state index contributed by atoms with van der Waals surface area (Å²) < 4.78 is 5.27. The number of carbonyl (C=O) groups is 1. The first-order valence-electron chi connectivity index (χ1n) is 6.91. The first-order valence-corrected chi connectivity index (χ1v) is 6.91. The van der Waals surface area contributed by atoms with E-state index in [0.29, 0.717) is 6.42 Å². The standard InChI is InChI=1S/C16H25NO3/c1-11-7-6-8-13(12(11)2)14(9-10-18)17-15(19)20-16(3,4)5/h6-8,14,18H,9-10H2,1-5H3,(H,17,19). The van der Waals surface area contributed by atoms with Crippen molar-refractivity contribution in [2.45, 2.75) is 52.7 Å². The topological polar surface area (TPSA) is 58.6 Å². The largest absolute Gasteiger partial charge is 0.444 e. The maximum absolute atomic E-state index is 11.9. The van der Waals surface area contributed by atoms with Gasteiger partial charge in [0.25, 0.3) is 0 Å². The molecule has 4 heteroatoms. The Labute approximate surface area is 121 Å². The number of aliphatic hydroxyl groups is 1. The van der Waals surface area contributed by atoms with Crippen molar-refractivity contribution in [3.63, 3.8) is 0 Å². The lowest BCUT2D eigenvalue weighted by molar-refractivity contribution is 0.0496. The minimum Gasteiger partial charge on any atom is -0.444 e. The molecule has 1 amide bonds. The summed E-state index contributed by atoms with van der Waals surface area (Å²) in [6.07, 6.45) is 0.000597. The summed E-state index contributed by atoms with van der Waals surface area (Å²) in [5, 5.41) is 12.0. The Bertz CT molecular complexity index is 463. The molecule has 0 aromatic heterocycles. The first-order chi connectivity index (χ1) is 9.24. The molecule has 0 spiro atoms. The van der Waals surface area contributed by atoms with Crippen molar-refractivity contribution in [3.05, 3.63) is 34.9 Å². The van der Waals surface area contributed by atoms with E-state index in [0.717, 1.165) is 16.7 Å². The van der Waals surface area contributed by atoms with Gasteiger partial charge in [0.05, 0.1) is 6.04 Å². The monoisotopic (exact) mass is 279 g/mol. The molecule has 0 aliphatic heterocycles. The highest BCUT2D eigenvalue weighted by Gasteiger charge is 2.21. The van der Waals surface area contributed by atoms with Gasteiger partial charge in [0.2, 0.25) is 0 Å². The summed E-state index contributed by atoms with van der Waals surface area (Å²) in [4.78, 5) is 11.9. The van der Waals surface area contributed by atoms with Gasteiger partial charge in [-0.05, 0) is 57.7 Å². The number of hydrogen-bond acceptors (Lipinski definition) is 3. The maximum Gasteiger partial charge on any atom is 0.408 e. The molecule has 1 aromatic carbocycles. The summed E-state index contributed by atoms with van der Waals surface area (Å²) >= 11 is 0. The zero-order chi connectivity index (χ0) is 15.3. The number of alkyl carbamates (subject to hydrolysis) is 1. The Morgan fingerprint density at radius 3 is 2.55 bits per heavy atom. The number of hydrogen-bond donors (Lipinski definition) is 2. The van der Waals surface area contributed by atoms with Gasteiger partial charge in [-0.25, -0.2) is 4.79 Å². The van der Waals surface area contributed by atoms with Gasteiger partial charge in [-0.3, -0.25) is 0 Å². The van der Waals surface area contributed by atoms with Crippen molar-refractivity contribution >= 4 is 6.09 Å². The zero-order valence-corrected chi connectivity index (χ0v) is 13.0. The fraction of sp³-hybridized carbons (Fsp3) is 0.562. The number of rotatable bonds is 4. The molecule has 20 heavy (non-hydrogen) atoms. The van der Waals surface area contributed by atoms with Crippen LogP contribution in [0.5, 0.6) is 0 Å². The van der Waals surface area contributed by atoms with E-state index in [2.05, 4.69) is 5.32 Å². The van der Waals surface area contributed by atoms with Crippen LogP contribution in [0, 0.1) is 13.8 Å². The van der Waals surface area contributed by atoms with E-state index in [1.165, 1.54) is 0 Å². The molecule has 4 nitrogen and oxygen atoms in total. The third kappa shape index (κ3) is 4.85. The van der Waals surface area contributed by atoms with E-state index in [-0.39, 0.29) is 12.6 Å². The van der Waals surface area contributed by atoms with Gasteiger partial charge < -0.3 is 15.2 Å². The predicted molar refractivity (Wildman–Crippen MR) is 79.7 cm³/mol. The van der Waals surface area contributed by atoms with Crippen molar-refractivity contribution in [1.82, 2.24) is 5.32 Å². The summed E-state index contributed by atoms with van der Waals surface area (Å²) in [5.41, 5.74) is 2.78. The van der Waals surface area contributed by atoms with Gasteiger partial charge in [0.1, 0.15) is 5.60 Å². The fourth-order valence-corrected chi connectivity index (χ4v) is 2.04. The number of ether oxygens (including phenoxy) is 1. The third-order valence-corrected chi connectivity index (χ3v) is 3.13. The fourth-order valence-electron chi connectivity index (χ4n) is 2.04. The molecule has 0 bridgehead atoms. The summed E-state index contributed by atoms with van der Waals surface area (Å²) in [6, 6.07) is 5.72. The molecule has 0 saturated heterocycles. The van der Waals surface area contributed by atoms with Crippen LogP contribution >= 0.6 is 0 Å². The number of amides is 1. The summed E-state index contributed by atoms with van der Waals surface area (Å²) in [7, 11) is 0. The van der Waals surface area contributed by atoms with Gasteiger partial charge in [0, 0.05) is 6.61 Å². The van der Waals surface area contributed by atoms with Crippen LogP contribution in [0.2, 0.25) is 0 Å². The molecule has 0 radical (unpaired) electrons. The molecule has 1 aromatic rings.